The lowest BCUT2D eigenvalue weighted by Gasteiger charge is -2.32. The lowest BCUT2D eigenvalue weighted by atomic mass is 10.0. The summed E-state index contributed by atoms with van der Waals surface area (Å²) in [5, 5.41) is 4.24. The van der Waals surface area contributed by atoms with Gasteiger partial charge < -0.3 is 10.2 Å². The van der Waals surface area contributed by atoms with Crippen molar-refractivity contribution in [3.05, 3.63) is 106 Å². The molecule has 35 heavy (non-hydrogen) atoms. The molecule has 184 valence electrons. The molecular formula is C28H30Cl2N2O2S. The summed E-state index contributed by atoms with van der Waals surface area (Å²) in [7, 11) is 0. The highest BCUT2D eigenvalue weighted by molar-refractivity contribution is 7.99. The number of benzene rings is 3. The second-order valence-corrected chi connectivity index (χ2v) is 9.99. The molecule has 2 amide bonds. The molecule has 0 saturated heterocycles. The second-order valence-electron chi connectivity index (χ2n) is 8.19. The summed E-state index contributed by atoms with van der Waals surface area (Å²) < 4.78 is 0. The van der Waals surface area contributed by atoms with Crippen molar-refractivity contribution in [2.75, 3.05) is 12.3 Å². The van der Waals surface area contributed by atoms with E-state index in [-0.39, 0.29) is 24.1 Å². The van der Waals surface area contributed by atoms with E-state index in [1.807, 2.05) is 79.7 Å². The van der Waals surface area contributed by atoms with E-state index < -0.39 is 6.04 Å². The van der Waals surface area contributed by atoms with Crippen molar-refractivity contribution in [3.63, 3.8) is 0 Å². The maximum atomic E-state index is 13.6. The molecule has 3 aromatic rings. The van der Waals surface area contributed by atoms with Crippen LogP contribution in [0.25, 0.3) is 0 Å². The Morgan fingerprint density at radius 1 is 0.886 bits per heavy atom. The number of hydrogen-bond acceptors (Lipinski definition) is 3. The average Bonchev–Trinajstić information content (AvgIpc) is 2.87. The lowest BCUT2D eigenvalue weighted by Crippen LogP contribution is -2.51. The molecule has 0 aliphatic carbocycles. The third-order valence-corrected chi connectivity index (χ3v) is 7.26. The fourth-order valence-electron chi connectivity index (χ4n) is 3.68. The Bertz CT molecular complexity index is 1110. The van der Waals surface area contributed by atoms with Gasteiger partial charge in [-0.05, 0) is 35.2 Å². The Labute approximate surface area is 222 Å². The van der Waals surface area contributed by atoms with Crippen molar-refractivity contribution in [3.8, 4) is 0 Å². The first-order valence-corrected chi connectivity index (χ1v) is 13.6. The number of rotatable bonds is 12. The zero-order valence-corrected chi connectivity index (χ0v) is 22.1. The first-order chi connectivity index (χ1) is 17.0. The predicted octanol–water partition coefficient (Wildman–Crippen LogP) is 6.39. The van der Waals surface area contributed by atoms with Crippen molar-refractivity contribution < 1.29 is 9.59 Å². The third kappa shape index (κ3) is 8.31. The Hall–Kier alpha value is -2.47. The van der Waals surface area contributed by atoms with Gasteiger partial charge in [-0.1, -0.05) is 96.9 Å². The van der Waals surface area contributed by atoms with Crippen LogP contribution in [0.4, 0.5) is 0 Å². The molecule has 0 radical (unpaired) electrons. The molecule has 7 heteroatoms. The van der Waals surface area contributed by atoms with Gasteiger partial charge in [-0.25, -0.2) is 0 Å². The molecule has 0 saturated carbocycles. The molecule has 0 spiro atoms. The minimum atomic E-state index is -0.659. The molecule has 0 aromatic heterocycles. The van der Waals surface area contributed by atoms with Gasteiger partial charge in [0, 0.05) is 35.3 Å². The van der Waals surface area contributed by atoms with Crippen LogP contribution in [0.2, 0.25) is 10.0 Å². The monoisotopic (exact) mass is 528 g/mol. The summed E-state index contributed by atoms with van der Waals surface area (Å²) in [5.74, 6) is 0.556. The minimum absolute atomic E-state index is 0.116. The molecule has 3 aromatic carbocycles. The highest BCUT2D eigenvalue weighted by Gasteiger charge is 2.30. The van der Waals surface area contributed by atoms with Gasteiger partial charge in [-0.15, -0.1) is 11.8 Å². The van der Waals surface area contributed by atoms with E-state index in [0.29, 0.717) is 28.8 Å². The maximum Gasteiger partial charge on any atom is 0.243 e. The Balaban J connectivity index is 1.85. The van der Waals surface area contributed by atoms with Crippen LogP contribution >= 0.6 is 35.0 Å². The van der Waals surface area contributed by atoms with Crippen LogP contribution < -0.4 is 5.32 Å². The van der Waals surface area contributed by atoms with Crippen LogP contribution in [0, 0.1) is 0 Å². The van der Waals surface area contributed by atoms with E-state index in [1.54, 1.807) is 11.0 Å². The quantitative estimate of drug-likeness (QED) is 0.296. The fraction of sp³-hybridized carbons (Fsp3) is 0.286. The standard InChI is InChI=1S/C28H30Cl2N2O2S/c1-2-16-31-28(34)26(17-21-10-4-3-5-11-21)32(18-22-12-6-8-14-24(22)29)27(33)20-35-19-23-13-7-9-15-25(23)30/h3-15,26H,2,16-20H2,1H3,(H,31,34). The Kier molecular flexibility index (Phi) is 11.0. The van der Waals surface area contributed by atoms with Crippen LogP contribution in [-0.4, -0.2) is 35.1 Å². The van der Waals surface area contributed by atoms with E-state index >= 15 is 0 Å². The SMILES string of the molecule is CCCNC(=O)C(Cc1ccccc1)N(Cc1ccccc1Cl)C(=O)CSCc1ccccc1Cl. The van der Waals surface area contributed by atoms with Crippen molar-refractivity contribution in [1.82, 2.24) is 10.2 Å². The van der Waals surface area contributed by atoms with Crippen molar-refractivity contribution >= 4 is 46.8 Å². The minimum Gasteiger partial charge on any atom is -0.354 e. The first kappa shape index (κ1) is 27.1. The van der Waals surface area contributed by atoms with E-state index in [2.05, 4.69) is 5.32 Å². The zero-order valence-electron chi connectivity index (χ0n) is 19.8. The van der Waals surface area contributed by atoms with Crippen molar-refractivity contribution in [2.24, 2.45) is 0 Å². The van der Waals surface area contributed by atoms with Crippen LogP contribution in [0.15, 0.2) is 78.9 Å². The maximum absolute atomic E-state index is 13.6. The normalized spacial score (nSPS) is 11.6. The van der Waals surface area contributed by atoms with E-state index in [4.69, 9.17) is 23.2 Å². The van der Waals surface area contributed by atoms with Gasteiger partial charge in [0.15, 0.2) is 0 Å². The average molecular weight is 530 g/mol. The summed E-state index contributed by atoms with van der Waals surface area (Å²) in [4.78, 5) is 28.6. The van der Waals surface area contributed by atoms with Crippen molar-refractivity contribution in [1.29, 1.82) is 0 Å². The molecule has 1 atom stereocenters. The Morgan fingerprint density at radius 2 is 1.49 bits per heavy atom. The first-order valence-electron chi connectivity index (χ1n) is 11.6. The number of hydrogen-bond donors (Lipinski definition) is 1. The van der Waals surface area contributed by atoms with Crippen LogP contribution in [0.3, 0.4) is 0 Å². The van der Waals surface area contributed by atoms with Gasteiger partial charge >= 0.3 is 0 Å². The smallest absolute Gasteiger partial charge is 0.243 e. The summed E-state index contributed by atoms with van der Waals surface area (Å²) >= 11 is 14.2. The van der Waals surface area contributed by atoms with E-state index in [1.165, 1.54) is 11.8 Å². The lowest BCUT2D eigenvalue weighted by molar-refractivity contribution is -0.139. The topological polar surface area (TPSA) is 49.4 Å². The van der Waals surface area contributed by atoms with Gasteiger partial charge in [0.2, 0.25) is 11.8 Å². The summed E-state index contributed by atoms with van der Waals surface area (Å²) in [6, 6.07) is 24.2. The number of carbonyl (C=O) groups excluding carboxylic acids is 2. The summed E-state index contributed by atoms with van der Waals surface area (Å²) in [6.45, 7) is 2.81. The zero-order chi connectivity index (χ0) is 25.0. The van der Waals surface area contributed by atoms with Gasteiger partial charge in [0.1, 0.15) is 6.04 Å². The van der Waals surface area contributed by atoms with E-state index in [9.17, 15) is 9.59 Å². The Morgan fingerprint density at radius 3 is 2.11 bits per heavy atom. The number of carbonyl (C=O) groups is 2. The van der Waals surface area contributed by atoms with Crippen LogP contribution in [0.1, 0.15) is 30.0 Å². The second kappa shape index (κ2) is 14.2. The van der Waals surface area contributed by atoms with Gasteiger partial charge in [0.25, 0.3) is 0 Å². The van der Waals surface area contributed by atoms with Gasteiger partial charge in [-0.3, -0.25) is 9.59 Å². The molecule has 1 N–H and O–H groups in total. The highest BCUT2D eigenvalue weighted by atomic mass is 35.5. The number of halogens is 2. The molecular weight excluding hydrogens is 499 g/mol. The third-order valence-electron chi connectivity index (χ3n) is 5.56. The largest absolute Gasteiger partial charge is 0.354 e. The number of nitrogens with one attached hydrogen (secondary N) is 1. The molecule has 1 unspecified atom stereocenters. The van der Waals surface area contributed by atoms with Crippen LogP contribution in [-0.2, 0) is 28.3 Å². The molecule has 3 rings (SSSR count). The molecule has 0 aliphatic rings. The number of amides is 2. The molecule has 0 fully saturated rings. The molecule has 0 heterocycles. The highest BCUT2D eigenvalue weighted by Crippen LogP contribution is 2.24. The van der Waals surface area contributed by atoms with Crippen molar-refractivity contribution in [2.45, 2.75) is 38.1 Å². The van der Waals surface area contributed by atoms with Crippen LogP contribution in [0.5, 0.6) is 0 Å². The molecule has 4 nitrogen and oxygen atoms in total. The summed E-state index contributed by atoms with van der Waals surface area (Å²) in [5.41, 5.74) is 2.77. The molecule has 0 bridgehead atoms. The van der Waals surface area contributed by atoms with Gasteiger partial charge in [-0.2, -0.15) is 0 Å². The molecule has 0 aliphatic heterocycles. The summed E-state index contributed by atoms with van der Waals surface area (Å²) in [6.07, 6.45) is 1.23. The predicted molar refractivity (Wildman–Crippen MR) is 147 cm³/mol. The fourth-order valence-corrected chi connectivity index (χ4v) is 5.07. The number of thioether (sulfide) groups is 1. The number of nitrogens with zero attached hydrogens (tertiary/aromatic N) is 1. The van der Waals surface area contributed by atoms with E-state index in [0.717, 1.165) is 23.1 Å². The van der Waals surface area contributed by atoms with Gasteiger partial charge in [0.05, 0.1) is 5.75 Å².